The molecule has 1 heterocycles. The van der Waals surface area contributed by atoms with Gasteiger partial charge in [-0.15, -0.1) is 0 Å². The van der Waals surface area contributed by atoms with Crippen LogP contribution in [0.2, 0.25) is 5.02 Å². The predicted molar refractivity (Wildman–Crippen MR) is 70.3 cm³/mol. The van der Waals surface area contributed by atoms with E-state index in [1.165, 1.54) is 30.5 Å². The lowest BCUT2D eigenvalue weighted by atomic mass is 10.2. The zero-order chi connectivity index (χ0) is 13.8. The number of anilines is 1. The molecule has 96 valence electrons. The molecule has 0 bridgehead atoms. The van der Waals surface area contributed by atoms with E-state index in [2.05, 4.69) is 10.3 Å². The van der Waals surface area contributed by atoms with Gasteiger partial charge in [-0.05, 0) is 24.3 Å². The molecule has 6 nitrogen and oxygen atoms in total. The maximum absolute atomic E-state index is 11.8. The van der Waals surface area contributed by atoms with Crippen LogP contribution in [0.5, 0.6) is 0 Å². The molecule has 0 saturated heterocycles. The summed E-state index contributed by atoms with van der Waals surface area (Å²) in [5.41, 5.74) is 0.239. The Hall–Kier alpha value is -2.47. The number of non-ortho nitro benzene ring substituents is 1. The Morgan fingerprint density at radius 1 is 1.21 bits per heavy atom. The first-order valence-electron chi connectivity index (χ1n) is 5.23. The first-order chi connectivity index (χ1) is 9.06. The van der Waals surface area contributed by atoms with Gasteiger partial charge in [0.15, 0.2) is 0 Å². The van der Waals surface area contributed by atoms with Crippen molar-refractivity contribution in [1.29, 1.82) is 0 Å². The standard InChI is InChI=1S/C12H8ClN3O3/c13-9-3-6-11(14-7-9)15-12(17)8-1-4-10(5-2-8)16(18)19/h1-7H,(H,14,15,17). The van der Waals surface area contributed by atoms with Gasteiger partial charge < -0.3 is 5.32 Å². The second-order valence-electron chi connectivity index (χ2n) is 3.62. The summed E-state index contributed by atoms with van der Waals surface area (Å²) in [7, 11) is 0. The highest BCUT2D eigenvalue weighted by Crippen LogP contribution is 2.14. The van der Waals surface area contributed by atoms with E-state index in [0.717, 1.165) is 0 Å². The molecular weight excluding hydrogens is 270 g/mol. The number of benzene rings is 1. The van der Waals surface area contributed by atoms with E-state index in [0.29, 0.717) is 16.4 Å². The number of nitro benzene ring substituents is 1. The van der Waals surface area contributed by atoms with Crippen molar-refractivity contribution in [2.45, 2.75) is 0 Å². The van der Waals surface area contributed by atoms with Crippen molar-refractivity contribution in [2.75, 3.05) is 5.32 Å². The van der Waals surface area contributed by atoms with E-state index < -0.39 is 10.8 Å². The third-order valence-corrected chi connectivity index (χ3v) is 2.53. The van der Waals surface area contributed by atoms with Crippen molar-refractivity contribution in [3.63, 3.8) is 0 Å². The zero-order valence-electron chi connectivity index (χ0n) is 9.54. The van der Waals surface area contributed by atoms with Crippen LogP contribution in [-0.4, -0.2) is 15.8 Å². The Bertz CT molecular complexity index is 611. The summed E-state index contributed by atoms with van der Waals surface area (Å²) < 4.78 is 0. The van der Waals surface area contributed by atoms with Crippen LogP contribution in [0.3, 0.4) is 0 Å². The lowest BCUT2D eigenvalue weighted by Crippen LogP contribution is -2.12. The average molecular weight is 278 g/mol. The van der Waals surface area contributed by atoms with Crippen molar-refractivity contribution in [3.8, 4) is 0 Å². The molecule has 0 radical (unpaired) electrons. The van der Waals surface area contributed by atoms with E-state index in [9.17, 15) is 14.9 Å². The molecule has 2 rings (SSSR count). The Labute approximate surface area is 113 Å². The Balaban J connectivity index is 2.11. The van der Waals surface area contributed by atoms with Crippen LogP contribution >= 0.6 is 11.6 Å². The average Bonchev–Trinajstić information content (AvgIpc) is 2.41. The largest absolute Gasteiger partial charge is 0.307 e. The van der Waals surface area contributed by atoms with Gasteiger partial charge in [0.25, 0.3) is 11.6 Å². The number of nitrogens with one attached hydrogen (secondary N) is 1. The van der Waals surface area contributed by atoms with Crippen molar-refractivity contribution in [2.24, 2.45) is 0 Å². The normalized spacial score (nSPS) is 9.95. The summed E-state index contributed by atoms with van der Waals surface area (Å²) in [4.78, 5) is 25.7. The second kappa shape index (κ2) is 5.45. The number of aromatic nitrogens is 1. The molecule has 2 aromatic rings. The van der Waals surface area contributed by atoms with Crippen LogP contribution in [0.1, 0.15) is 10.4 Å². The number of carbonyl (C=O) groups excluding carboxylic acids is 1. The molecule has 1 aromatic carbocycles. The number of amides is 1. The number of pyridine rings is 1. The van der Waals surface area contributed by atoms with Crippen LogP contribution in [-0.2, 0) is 0 Å². The van der Waals surface area contributed by atoms with E-state index in [1.807, 2.05) is 0 Å². The third-order valence-electron chi connectivity index (χ3n) is 2.31. The molecule has 7 heteroatoms. The van der Waals surface area contributed by atoms with Crippen LogP contribution in [0.4, 0.5) is 11.5 Å². The number of hydrogen-bond donors (Lipinski definition) is 1. The topological polar surface area (TPSA) is 85.1 Å². The molecule has 0 fully saturated rings. The maximum atomic E-state index is 11.8. The lowest BCUT2D eigenvalue weighted by molar-refractivity contribution is -0.384. The van der Waals surface area contributed by atoms with E-state index in [4.69, 9.17) is 11.6 Å². The highest BCUT2D eigenvalue weighted by Gasteiger charge is 2.09. The van der Waals surface area contributed by atoms with E-state index >= 15 is 0 Å². The van der Waals surface area contributed by atoms with Gasteiger partial charge in [0.1, 0.15) is 5.82 Å². The number of carbonyl (C=O) groups is 1. The van der Waals surface area contributed by atoms with E-state index in [-0.39, 0.29) is 5.69 Å². The van der Waals surface area contributed by atoms with Gasteiger partial charge in [-0.1, -0.05) is 11.6 Å². The minimum atomic E-state index is -0.525. The third kappa shape index (κ3) is 3.26. The predicted octanol–water partition coefficient (Wildman–Crippen LogP) is 2.90. The molecule has 0 aliphatic rings. The molecule has 0 aliphatic heterocycles. The SMILES string of the molecule is O=C(Nc1ccc(Cl)cn1)c1ccc([N+](=O)[O-])cc1. The molecule has 1 N–H and O–H groups in total. The van der Waals surface area contributed by atoms with Crippen molar-refractivity contribution in [1.82, 2.24) is 4.98 Å². The number of halogens is 1. The van der Waals surface area contributed by atoms with E-state index in [1.54, 1.807) is 12.1 Å². The summed E-state index contributed by atoms with van der Waals surface area (Å²) in [6.45, 7) is 0. The number of nitro groups is 1. The monoisotopic (exact) mass is 277 g/mol. The summed E-state index contributed by atoms with van der Waals surface area (Å²) >= 11 is 5.67. The molecular formula is C12H8ClN3O3. The summed E-state index contributed by atoms with van der Waals surface area (Å²) in [5, 5.41) is 13.5. The summed E-state index contributed by atoms with van der Waals surface area (Å²) in [6.07, 6.45) is 1.41. The van der Waals surface area contributed by atoms with Crippen molar-refractivity contribution in [3.05, 3.63) is 63.3 Å². The van der Waals surface area contributed by atoms with Gasteiger partial charge in [0.05, 0.1) is 9.95 Å². The molecule has 0 spiro atoms. The highest BCUT2D eigenvalue weighted by molar-refractivity contribution is 6.30. The Kier molecular flexibility index (Phi) is 3.72. The van der Waals surface area contributed by atoms with Crippen LogP contribution < -0.4 is 5.32 Å². The quantitative estimate of drug-likeness (QED) is 0.690. The minimum Gasteiger partial charge on any atom is -0.307 e. The minimum absolute atomic E-state index is 0.0684. The molecule has 0 atom stereocenters. The summed E-state index contributed by atoms with van der Waals surface area (Å²) in [5.74, 6) is -0.0440. The van der Waals surface area contributed by atoms with Gasteiger partial charge >= 0.3 is 0 Å². The fourth-order valence-corrected chi connectivity index (χ4v) is 1.48. The first kappa shape index (κ1) is 13.0. The molecule has 0 saturated carbocycles. The smallest absolute Gasteiger partial charge is 0.269 e. The molecule has 1 amide bonds. The maximum Gasteiger partial charge on any atom is 0.269 e. The lowest BCUT2D eigenvalue weighted by Gasteiger charge is -2.04. The first-order valence-corrected chi connectivity index (χ1v) is 5.61. The molecule has 0 aliphatic carbocycles. The number of hydrogen-bond acceptors (Lipinski definition) is 4. The van der Waals surface area contributed by atoms with Crippen LogP contribution in [0.15, 0.2) is 42.6 Å². The number of nitrogens with zero attached hydrogens (tertiary/aromatic N) is 2. The molecule has 19 heavy (non-hydrogen) atoms. The van der Waals surface area contributed by atoms with Crippen LogP contribution in [0.25, 0.3) is 0 Å². The van der Waals surface area contributed by atoms with Crippen molar-refractivity contribution < 1.29 is 9.72 Å². The van der Waals surface area contributed by atoms with Crippen LogP contribution in [0, 0.1) is 10.1 Å². The molecule has 0 unspecified atom stereocenters. The van der Waals surface area contributed by atoms with Gasteiger partial charge in [-0.2, -0.15) is 0 Å². The molecule has 1 aromatic heterocycles. The van der Waals surface area contributed by atoms with Gasteiger partial charge in [0, 0.05) is 23.9 Å². The van der Waals surface area contributed by atoms with Crippen molar-refractivity contribution >= 4 is 29.0 Å². The highest BCUT2D eigenvalue weighted by atomic mass is 35.5. The number of rotatable bonds is 3. The van der Waals surface area contributed by atoms with Gasteiger partial charge in [-0.25, -0.2) is 4.98 Å². The zero-order valence-corrected chi connectivity index (χ0v) is 10.3. The van der Waals surface area contributed by atoms with Gasteiger partial charge in [-0.3, -0.25) is 14.9 Å². The fraction of sp³-hybridized carbons (Fsp3) is 0. The second-order valence-corrected chi connectivity index (χ2v) is 4.06. The summed E-state index contributed by atoms with van der Waals surface area (Å²) in [6, 6.07) is 8.45. The fourth-order valence-electron chi connectivity index (χ4n) is 1.37. The Morgan fingerprint density at radius 2 is 1.89 bits per heavy atom. The Morgan fingerprint density at radius 3 is 2.42 bits per heavy atom. The van der Waals surface area contributed by atoms with Gasteiger partial charge in [0.2, 0.25) is 0 Å².